The largest absolute Gasteiger partial charge is 0.456 e. The third-order valence-corrected chi connectivity index (χ3v) is 14.9. The average molecular weight is 836 g/mol. The summed E-state index contributed by atoms with van der Waals surface area (Å²) in [4.78, 5) is 2.54. The number of thiophene rings is 1. The fourth-order valence-electron chi connectivity index (χ4n) is 10.9. The van der Waals surface area contributed by atoms with Crippen LogP contribution < -0.4 is 4.90 Å². The molecule has 0 amide bonds. The van der Waals surface area contributed by atoms with Crippen molar-refractivity contribution >= 4 is 81.3 Å². The molecule has 10 aromatic carbocycles. The summed E-state index contributed by atoms with van der Waals surface area (Å²) < 4.78 is 9.07. The van der Waals surface area contributed by atoms with Gasteiger partial charge in [0.05, 0.1) is 16.1 Å². The van der Waals surface area contributed by atoms with Crippen LogP contribution in [-0.4, -0.2) is 0 Å². The molecular formula is C61H41NOS. The topological polar surface area (TPSA) is 16.4 Å². The molecule has 2 aromatic heterocycles. The van der Waals surface area contributed by atoms with E-state index in [1.54, 1.807) is 0 Å². The number of benzene rings is 10. The molecular weight excluding hydrogens is 795 g/mol. The highest BCUT2D eigenvalue weighted by molar-refractivity contribution is 7.26. The molecule has 0 unspecified atom stereocenters. The Balaban J connectivity index is 1.13. The molecule has 1 aliphatic rings. The molecule has 12 aromatic rings. The Bertz CT molecular complexity index is 3840. The van der Waals surface area contributed by atoms with E-state index in [9.17, 15) is 0 Å². The van der Waals surface area contributed by atoms with Gasteiger partial charge in [0.1, 0.15) is 11.2 Å². The van der Waals surface area contributed by atoms with Crippen molar-refractivity contribution in [3.05, 3.63) is 223 Å². The Labute approximate surface area is 375 Å². The van der Waals surface area contributed by atoms with Crippen LogP contribution in [0.5, 0.6) is 0 Å². The minimum Gasteiger partial charge on any atom is -0.456 e. The molecule has 0 fully saturated rings. The van der Waals surface area contributed by atoms with E-state index in [2.05, 4.69) is 231 Å². The van der Waals surface area contributed by atoms with Crippen LogP contribution in [0.15, 0.2) is 217 Å². The van der Waals surface area contributed by atoms with E-state index < -0.39 is 0 Å². The van der Waals surface area contributed by atoms with Gasteiger partial charge in [0.25, 0.3) is 0 Å². The number of para-hydroxylation sites is 1. The van der Waals surface area contributed by atoms with Gasteiger partial charge in [-0.1, -0.05) is 184 Å². The number of rotatable bonds is 6. The molecule has 13 rings (SSSR count). The Morgan fingerprint density at radius 1 is 0.438 bits per heavy atom. The number of hydrogen-bond acceptors (Lipinski definition) is 3. The van der Waals surface area contributed by atoms with Gasteiger partial charge in [0.15, 0.2) is 0 Å². The van der Waals surface area contributed by atoms with Crippen LogP contribution in [0.1, 0.15) is 25.0 Å². The minimum absolute atomic E-state index is 0.158. The Morgan fingerprint density at radius 3 is 1.98 bits per heavy atom. The molecule has 2 nitrogen and oxygen atoms in total. The van der Waals surface area contributed by atoms with Gasteiger partial charge >= 0.3 is 0 Å². The quantitative estimate of drug-likeness (QED) is 0.166. The molecule has 0 N–H and O–H groups in total. The second-order valence-corrected chi connectivity index (χ2v) is 18.6. The number of nitrogens with zero attached hydrogens (tertiary/aromatic N) is 1. The summed E-state index contributed by atoms with van der Waals surface area (Å²) in [5.74, 6) is 0. The summed E-state index contributed by atoms with van der Waals surface area (Å²) in [7, 11) is 0. The fourth-order valence-corrected chi connectivity index (χ4v) is 12.1. The average Bonchev–Trinajstić information content (AvgIpc) is 4.00. The third kappa shape index (κ3) is 5.44. The van der Waals surface area contributed by atoms with Gasteiger partial charge in [0, 0.05) is 42.9 Å². The SMILES string of the molecule is CC1(C)c2ccccc2-c2cccc(-c3cccc(N(c4cccc(-c5cccc6oc7ccccc7c56)c4-c4cccc5ccccc45)c4cccc5c4sc4ccccc45)c3)c21. The van der Waals surface area contributed by atoms with Gasteiger partial charge in [-0.05, 0) is 103 Å². The summed E-state index contributed by atoms with van der Waals surface area (Å²) >= 11 is 1.87. The van der Waals surface area contributed by atoms with Crippen LogP contribution in [0.4, 0.5) is 17.1 Å². The molecule has 0 saturated carbocycles. The molecule has 0 radical (unpaired) electrons. The number of hydrogen-bond donors (Lipinski definition) is 0. The molecule has 0 aliphatic heterocycles. The molecule has 64 heavy (non-hydrogen) atoms. The maximum atomic E-state index is 6.54. The highest BCUT2D eigenvalue weighted by atomic mass is 32.1. The van der Waals surface area contributed by atoms with Crippen molar-refractivity contribution in [1.82, 2.24) is 0 Å². The van der Waals surface area contributed by atoms with Crippen molar-refractivity contribution in [2.75, 3.05) is 4.90 Å². The fraction of sp³-hybridized carbons (Fsp3) is 0.0492. The monoisotopic (exact) mass is 835 g/mol. The minimum atomic E-state index is -0.158. The smallest absolute Gasteiger partial charge is 0.136 e. The van der Waals surface area contributed by atoms with Crippen LogP contribution in [0.3, 0.4) is 0 Å². The van der Waals surface area contributed by atoms with Crippen molar-refractivity contribution in [1.29, 1.82) is 0 Å². The van der Waals surface area contributed by atoms with Crippen LogP contribution in [0, 0.1) is 0 Å². The van der Waals surface area contributed by atoms with Gasteiger partial charge in [-0.25, -0.2) is 0 Å². The first-order valence-electron chi connectivity index (χ1n) is 22.1. The van der Waals surface area contributed by atoms with E-state index in [1.165, 1.54) is 69.9 Å². The first kappa shape index (κ1) is 36.9. The van der Waals surface area contributed by atoms with Gasteiger partial charge in [-0.2, -0.15) is 0 Å². The lowest BCUT2D eigenvalue weighted by molar-refractivity contribution is 0.662. The summed E-state index contributed by atoms with van der Waals surface area (Å²) in [6.07, 6.45) is 0. The molecule has 0 saturated heterocycles. The Morgan fingerprint density at radius 2 is 1.05 bits per heavy atom. The predicted molar refractivity (Wildman–Crippen MR) is 273 cm³/mol. The van der Waals surface area contributed by atoms with E-state index in [0.29, 0.717) is 0 Å². The van der Waals surface area contributed by atoms with Gasteiger partial charge < -0.3 is 9.32 Å². The maximum Gasteiger partial charge on any atom is 0.136 e. The zero-order valence-electron chi connectivity index (χ0n) is 35.5. The number of anilines is 3. The number of furan rings is 1. The van der Waals surface area contributed by atoms with Crippen molar-refractivity contribution in [3.63, 3.8) is 0 Å². The lowest BCUT2D eigenvalue weighted by Crippen LogP contribution is -2.16. The molecule has 0 spiro atoms. The van der Waals surface area contributed by atoms with Gasteiger partial charge in [0.2, 0.25) is 0 Å². The van der Waals surface area contributed by atoms with Crippen molar-refractivity contribution in [2.45, 2.75) is 19.3 Å². The van der Waals surface area contributed by atoms with E-state index in [-0.39, 0.29) is 5.41 Å². The van der Waals surface area contributed by atoms with Crippen molar-refractivity contribution < 1.29 is 4.42 Å². The van der Waals surface area contributed by atoms with Crippen molar-refractivity contribution in [2.24, 2.45) is 0 Å². The van der Waals surface area contributed by atoms with E-state index in [0.717, 1.165) is 55.7 Å². The molecule has 3 heteroatoms. The van der Waals surface area contributed by atoms with Gasteiger partial charge in [-0.15, -0.1) is 11.3 Å². The van der Waals surface area contributed by atoms with E-state index in [1.807, 2.05) is 11.3 Å². The predicted octanol–water partition coefficient (Wildman–Crippen LogP) is 17.9. The summed E-state index contributed by atoms with van der Waals surface area (Å²) in [6, 6.07) is 78.0. The Kier molecular flexibility index (Phi) is 8.16. The molecule has 0 bridgehead atoms. The van der Waals surface area contributed by atoms with Crippen LogP contribution in [-0.2, 0) is 5.41 Å². The second kappa shape index (κ2) is 14.2. The summed E-state index contributed by atoms with van der Waals surface area (Å²) in [5, 5.41) is 7.19. The highest BCUT2D eigenvalue weighted by Crippen LogP contribution is 2.54. The standard InChI is InChI=1S/C61H41NOS/c1-61(2)51-31-8-5-22-43(51)48-29-13-25-42(59(48)61)39-19-11-20-40(37-39)62(53-33-15-30-49-44-23-7-10-36-56(44)64-60(49)53)52-32-14-27-46(57(52)45-26-12-18-38-17-3-4-21-41(38)45)47-28-16-35-55-58(47)50-24-6-9-34-54(50)63-55/h3-37H,1-2H3. The lowest BCUT2D eigenvalue weighted by Gasteiger charge is -2.31. The van der Waals surface area contributed by atoms with E-state index in [4.69, 9.17) is 4.42 Å². The van der Waals surface area contributed by atoms with Crippen LogP contribution >= 0.6 is 11.3 Å². The zero-order chi connectivity index (χ0) is 42.5. The summed E-state index contributed by atoms with van der Waals surface area (Å²) in [5.41, 5.74) is 17.5. The zero-order valence-corrected chi connectivity index (χ0v) is 36.3. The molecule has 0 atom stereocenters. The summed E-state index contributed by atoms with van der Waals surface area (Å²) in [6.45, 7) is 4.76. The Hall–Kier alpha value is -7.72. The lowest BCUT2D eigenvalue weighted by atomic mass is 9.79. The highest BCUT2D eigenvalue weighted by Gasteiger charge is 2.37. The van der Waals surface area contributed by atoms with Gasteiger partial charge in [-0.3, -0.25) is 0 Å². The van der Waals surface area contributed by atoms with Crippen molar-refractivity contribution in [3.8, 4) is 44.5 Å². The van der Waals surface area contributed by atoms with Crippen LogP contribution in [0.25, 0.3) is 97.4 Å². The number of fused-ring (bicyclic) bond motifs is 10. The molecule has 1 aliphatic carbocycles. The molecule has 2 heterocycles. The second-order valence-electron chi connectivity index (χ2n) is 17.5. The third-order valence-electron chi connectivity index (χ3n) is 13.7. The van der Waals surface area contributed by atoms with Crippen LogP contribution in [0.2, 0.25) is 0 Å². The first-order chi connectivity index (χ1) is 31.5. The normalized spacial score (nSPS) is 13.0. The first-order valence-corrected chi connectivity index (χ1v) is 22.9. The maximum absolute atomic E-state index is 6.54. The molecule has 302 valence electrons. The van der Waals surface area contributed by atoms with E-state index >= 15 is 0 Å².